The molecule has 0 unspecified atom stereocenters. The second-order valence-electron chi connectivity index (χ2n) is 6.94. The van der Waals surface area contributed by atoms with E-state index in [4.69, 9.17) is 9.47 Å². The molecule has 1 aromatic heterocycles. The number of ether oxygens (including phenoxy) is 2. The van der Waals surface area contributed by atoms with Crippen LogP contribution >= 0.6 is 0 Å². The number of hydrogen-bond donors (Lipinski definition) is 0. The van der Waals surface area contributed by atoms with Crippen LogP contribution in [0.4, 0.5) is 4.39 Å². The smallest absolute Gasteiger partial charge is 0.251 e. The number of likely N-dealkylation sites (tertiary alicyclic amines) is 1. The van der Waals surface area contributed by atoms with Gasteiger partial charge in [-0.05, 0) is 37.8 Å². The predicted molar refractivity (Wildman–Crippen MR) is 96.0 cm³/mol. The largest absolute Gasteiger partial charge is 0.437 e. The monoisotopic (exact) mass is 371 g/mol. The first-order chi connectivity index (χ1) is 13.2. The average Bonchev–Trinajstić information content (AvgIpc) is 3.23. The molecule has 0 aliphatic carbocycles. The summed E-state index contributed by atoms with van der Waals surface area (Å²) in [5, 5.41) is 0. The van der Waals surface area contributed by atoms with Gasteiger partial charge in [-0.1, -0.05) is 6.07 Å². The van der Waals surface area contributed by atoms with E-state index in [9.17, 15) is 9.18 Å². The second kappa shape index (κ2) is 8.00. The van der Waals surface area contributed by atoms with Gasteiger partial charge in [-0.2, -0.15) is 0 Å². The molecule has 3 heterocycles. The molecule has 2 fully saturated rings. The summed E-state index contributed by atoms with van der Waals surface area (Å²) in [7, 11) is 0. The van der Waals surface area contributed by atoms with Crippen LogP contribution in [-0.2, 0) is 9.53 Å². The molecule has 0 bridgehead atoms. The number of carbonyl (C=O) groups is 1. The number of hydrogen-bond acceptors (Lipinski definition) is 5. The minimum atomic E-state index is -0.361. The Hall–Kier alpha value is -2.54. The third kappa shape index (κ3) is 4.24. The van der Waals surface area contributed by atoms with E-state index in [1.54, 1.807) is 18.3 Å². The Bertz CT molecular complexity index is 803. The molecule has 2 aliphatic rings. The molecule has 1 amide bonds. The number of aromatic nitrogens is 2. The van der Waals surface area contributed by atoms with Gasteiger partial charge in [0.05, 0.1) is 11.9 Å². The van der Waals surface area contributed by atoms with Crippen LogP contribution < -0.4 is 4.74 Å². The van der Waals surface area contributed by atoms with Gasteiger partial charge in [0, 0.05) is 37.9 Å². The Morgan fingerprint density at radius 2 is 2.07 bits per heavy atom. The molecule has 2 aromatic rings. The first-order valence-electron chi connectivity index (χ1n) is 9.35. The lowest BCUT2D eigenvalue weighted by molar-refractivity contribution is -0.142. The van der Waals surface area contributed by atoms with Gasteiger partial charge in [0.2, 0.25) is 5.88 Å². The van der Waals surface area contributed by atoms with Crippen molar-refractivity contribution in [3.8, 4) is 11.6 Å². The zero-order valence-electron chi connectivity index (χ0n) is 15.0. The molecule has 0 N–H and O–H groups in total. The normalized spacial score (nSPS) is 20.6. The molecule has 0 radical (unpaired) electrons. The highest BCUT2D eigenvalue weighted by atomic mass is 19.1. The van der Waals surface area contributed by atoms with Crippen LogP contribution in [0.2, 0.25) is 0 Å². The Morgan fingerprint density at radius 1 is 1.22 bits per heavy atom. The SMILES string of the molecule is O=C([C@H]1CCCO1)N1CCC(c2cncc(Oc3cccc(F)c3)n2)CC1. The van der Waals surface area contributed by atoms with Gasteiger partial charge < -0.3 is 14.4 Å². The lowest BCUT2D eigenvalue weighted by atomic mass is 9.93. The summed E-state index contributed by atoms with van der Waals surface area (Å²) in [4.78, 5) is 23.1. The summed E-state index contributed by atoms with van der Waals surface area (Å²) < 4.78 is 24.4. The number of amides is 1. The fraction of sp³-hybridized carbons (Fsp3) is 0.450. The van der Waals surface area contributed by atoms with Gasteiger partial charge >= 0.3 is 0 Å². The third-order valence-corrected chi connectivity index (χ3v) is 5.08. The molecule has 6 nitrogen and oxygen atoms in total. The maximum atomic E-state index is 13.3. The van der Waals surface area contributed by atoms with Crippen LogP contribution in [0.25, 0.3) is 0 Å². The van der Waals surface area contributed by atoms with Gasteiger partial charge in [-0.3, -0.25) is 9.78 Å². The van der Waals surface area contributed by atoms with Crippen molar-refractivity contribution in [3.63, 3.8) is 0 Å². The molecule has 2 saturated heterocycles. The molecule has 142 valence electrons. The summed E-state index contributed by atoms with van der Waals surface area (Å²) >= 11 is 0. The second-order valence-corrected chi connectivity index (χ2v) is 6.94. The van der Waals surface area contributed by atoms with Crippen LogP contribution in [-0.4, -0.2) is 46.6 Å². The zero-order valence-corrected chi connectivity index (χ0v) is 15.0. The number of rotatable bonds is 4. The lowest BCUT2D eigenvalue weighted by Gasteiger charge is -2.33. The molecular weight excluding hydrogens is 349 g/mol. The van der Waals surface area contributed by atoms with Gasteiger partial charge in [0.1, 0.15) is 17.7 Å². The maximum Gasteiger partial charge on any atom is 0.251 e. The summed E-state index contributed by atoms with van der Waals surface area (Å²) in [6.07, 6.45) is 6.44. The van der Waals surface area contributed by atoms with E-state index < -0.39 is 0 Å². The van der Waals surface area contributed by atoms with E-state index in [-0.39, 0.29) is 23.7 Å². The van der Waals surface area contributed by atoms with Crippen LogP contribution in [0.5, 0.6) is 11.6 Å². The van der Waals surface area contributed by atoms with Crippen molar-refractivity contribution in [1.82, 2.24) is 14.9 Å². The van der Waals surface area contributed by atoms with E-state index in [2.05, 4.69) is 9.97 Å². The summed E-state index contributed by atoms with van der Waals surface area (Å²) in [5.74, 6) is 0.705. The highest BCUT2D eigenvalue weighted by Gasteiger charge is 2.31. The van der Waals surface area contributed by atoms with Crippen molar-refractivity contribution in [2.75, 3.05) is 19.7 Å². The van der Waals surface area contributed by atoms with Crippen molar-refractivity contribution < 1.29 is 18.7 Å². The van der Waals surface area contributed by atoms with E-state index >= 15 is 0 Å². The lowest BCUT2D eigenvalue weighted by Crippen LogP contribution is -2.43. The van der Waals surface area contributed by atoms with E-state index in [1.165, 1.54) is 18.3 Å². The van der Waals surface area contributed by atoms with Crippen LogP contribution in [0.1, 0.15) is 37.3 Å². The Balaban J connectivity index is 1.37. The van der Waals surface area contributed by atoms with Crippen molar-refractivity contribution in [1.29, 1.82) is 0 Å². The van der Waals surface area contributed by atoms with E-state index in [1.807, 2.05) is 4.90 Å². The standard InChI is InChI=1S/C20H22FN3O3/c21-15-3-1-4-16(11-15)27-19-13-22-12-17(23-19)14-6-8-24(9-7-14)20(25)18-5-2-10-26-18/h1,3-4,11-14,18H,2,5-10H2/t18-/m1/s1. The summed E-state index contributed by atoms with van der Waals surface area (Å²) in [5.41, 5.74) is 0.841. The first-order valence-corrected chi connectivity index (χ1v) is 9.35. The van der Waals surface area contributed by atoms with Crippen LogP contribution in [0, 0.1) is 5.82 Å². The molecule has 0 saturated carbocycles. The zero-order chi connectivity index (χ0) is 18.6. The molecule has 1 aromatic carbocycles. The minimum Gasteiger partial charge on any atom is -0.437 e. The predicted octanol–water partition coefficient (Wildman–Crippen LogP) is 3.29. The Kier molecular flexibility index (Phi) is 5.29. The topological polar surface area (TPSA) is 64.5 Å². The Morgan fingerprint density at radius 3 is 2.81 bits per heavy atom. The molecular formula is C20H22FN3O3. The van der Waals surface area contributed by atoms with E-state index in [0.717, 1.165) is 31.4 Å². The van der Waals surface area contributed by atoms with Gasteiger partial charge in [0.15, 0.2) is 0 Å². The van der Waals surface area contributed by atoms with Gasteiger partial charge in [0.25, 0.3) is 5.91 Å². The quantitative estimate of drug-likeness (QED) is 0.825. The molecule has 2 aliphatic heterocycles. The third-order valence-electron chi connectivity index (χ3n) is 5.08. The summed E-state index contributed by atoms with van der Waals surface area (Å²) in [6, 6.07) is 5.93. The number of piperidine rings is 1. The molecule has 27 heavy (non-hydrogen) atoms. The number of nitrogens with zero attached hydrogens (tertiary/aromatic N) is 3. The fourth-order valence-electron chi connectivity index (χ4n) is 3.63. The van der Waals surface area contributed by atoms with Gasteiger partial charge in [-0.25, -0.2) is 9.37 Å². The van der Waals surface area contributed by atoms with Crippen molar-refractivity contribution in [2.24, 2.45) is 0 Å². The maximum absolute atomic E-state index is 13.3. The van der Waals surface area contributed by atoms with Gasteiger partial charge in [-0.15, -0.1) is 0 Å². The van der Waals surface area contributed by atoms with Crippen LogP contribution in [0.3, 0.4) is 0 Å². The molecule has 0 spiro atoms. The number of halogens is 1. The Labute approximate surface area is 157 Å². The number of benzene rings is 1. The highest BCUT2D eigenvalue weighted by Crippen LogP contribution is 2.29. The van der Waals surface area contributed by atoms with Crippen molar-refractivity contribution in [3.05, 3.63) is 48.2 Å². The minimum absolute atomic E-state index is 0.111. The summed E-state index contributed by atoms with van der Waals surface area (Å²) in [6.45, 7) is 2.07. The molecule has 4 rings (SSSR count). The highest BCUT2D eigenvalue weighted by molar-refractivity contribution is 5.81. The molecule has 7 heteroatoms. The molecule has 1 atom stereocenters. The van der Waals surface area contributed by atoms with E-state index in [0.29, 0.717) is 31.3 Å². The van der Waals surface area contributed by atoms with Crippen molar-refractivity contribution >= 4 is 5.91 Å². The van der Waals surface area contributed by atoms with Crippen molar-refractivity contribution in [2.45, 2.75) is 37.7 Å². The van der Waals surface area contributed by atoms with Crippen LogP contribution in [0.15, 0.2) is 36.7 Å². The average molecular weight is 371 g/mol. The first kappa shape index (κ1) is 17.9. The number of carbonyl (C=O) groups excluding carboxylic acids is 1. The fourth-order valence-corrected chi connectivity index (χ4v) is 3.63.